The van der Waals surface area contributed by atoms with Gasteiger partial charge in [-0.2, -0.15) is 0 Å². The molecule has 0 fully saturated rings. The molecule has 3 aromatic rings. The second-order valence-electron chi connectivity index (χ2n) is 10.3. The number of nitrogens with one attached hydrogen (secondary N) is 1. The number of anilines is 1. The van der Waals surface area contributed by atoms with Crippen molar-refractivity contribution in [3.63, 3.8) is 0 Å². The van der Waals surface area contributed by atoms with Gasteiger partial charge in [0, 0.05) is 36.9 Å². The van der Waals surface area contributed by atoms with E-state index in [2.05, 4.69) is 21.2 Å². The predicted molar refractivity (Wildman–Crippen MR) is 169 cm³/mol. The van der Waals surface area contributed by atoms with Crippen molar-refractivity contribution in [2.75, 3.05) is 23.7 Å². The van der Waals surface area contributed by atoms with Crippen LogP contribution in [0.3, 0.4) is 0 Å². The first-order chi connectivity index (χ1) is 19.5. The second kappa shape index (κ2) is 15.2. The van der Waals surface area contributed by atoms with Crippen molar-refractivity contribution >= 4 is 43.5 Å². The summed E-state index contributed by atoms with van der Waals surface area (Å²) in [6, 6.07) is 22.2. The van der Waals surface area contributed by atoms with Gasteiger partial charge in [0.25, 0.3) is 0 Å². The summed E-state index contributed by atoms with van der Waals surface area (Å²) in [5, 5.41) is 2.98. The first-order valence-electron chi connectivity index (χ1n) is 13.9. The Balaban J connectivity index is 1.89. The van der Waals surface area contributed by atoms with E-state index in [1.807, 2.05) is 87.5 Å². The Hall–Kier alpha value is -3.17. The van der Waals surface area contributed by atoms with Gasteiger partial charge in [-0.1, -0.05) is 77.5 Å². The van der Waals surface area contributed by atoms with Gasteiger partial charge in [-0.15, -0.1) is 0 Å². The van der Waals surface area contributed by atoms with Crippen molar-refractivity contribution in [2.24, 2.45) is 0 Å². The molecular weight excluding hydrogens is 602 g/mol. The van der Waals surface area contributed by atoms with E-state index in [-0.39, 0.29) is 31.3 Å². The Bertz CT molecular complexity index is 1430. The van der Waals surface area contributed by atoms with Crippen LogP contribution in [0.25, 0.3) is 0 Å². The number of rotatable bonds is 14. The van der Waals surface area contributed by atoms with Gasteiger partial charge in [-0.3, -0.25) is 13.9 Å². The molecule has 2 amide bonds. The smallest absolute Gasteiger partial charge is 0.243 e. The number of aryl methyl sites for hydroxylation is 1. The van der Waals surface area contributed by atoms with Gasteiger partial charge in [-0.25, -0.2) is 8.42 Å². The average molecular weight is 643 g/mol. The van der Waals surface area contributed by atoms with Crippen molar-refractivity contribution in [1.29, 1.82) is 0 Å². The highest BCUT2D eigenvalue weighted by molar-refractivity contribution is 9.10. The summed E-state index contributed by atoms with van der Waals surface area (Å²) in [4.78, 5) is 29.0. The molecule has 0 radical (unpaired) electrons. The molecule has 0 aliphatic carbocycles. The van der Waals surface area contributed by atoms with Gasteiger partial charge >= 0.3 is 0 Å². The van der Waals surface area contributed by atoms with E-state index in [4.69, 9.17) is 0 Å². The molecule has 0 aliphatic heterocycles. The molecule has 0 saturated heterocycles. The third-order valence-electron chi connectivity index (χ3n) is 7.06. The largest absolute Gasteiger partial charge is 0.354 e. The van der Waals surface area contributed by atoms with E-state index in [0.717, 1.165) is 33.1 Å². The number of nitrogens with zero attached hydrogens (tertiary/aromatic N) is 2. The quantitative estimate of drug-likeness (QED) is 0.242. The molecule has 0 heterocycles. The number of amides is 2. The van der Waals surface area contributed by atoms with E-state index in [1.54, 1.807) is 11.0 Å². The molecule has 3 aromatic carbocycles. The monoisotopic (exact) mass is 641 g/mol. The molecule has 7 nitrogen and oxygen atoms in total. The summed E-state index contributed by atoms with van der Waals surface area (Å²) in [5.74, 6) is -0.404. The predicted octanol–water partition coefficient (Wildman–Crippen LogP) is 5.78. The van der Waals surface area contributed by atoms with Gasteiger partial charge in [0.15, 0.2) is 0 Å². The van der Waals surface area contributed by atoms with E-state index < -0.39 is 16.1 Å². The van der Waals surface area contributed by atoms with Crippen LogP contribution >= 0.6 is 15.9 Å². The maximum absolute atomic E-state index is 13.9. The van der Waals surface area contributed by atoms with Crippen molar-refractivity contribution < 1.29 is 18.0 Å². The summed E-state index contributed by atoms with van der Waals surface area (Å²) in [6.07, 6.45) is 2.74. The molecule has 0 saturated carbocycles. The molecule has 1 atom stereocenters. The lowest BCUT2D eigenvalue weighted by Gasteiger charge is -2.32. The number of hydrogen-bond donors (Lipinski definition) is 1. The van der Waals surface area contributed by atoms with Gasteiger partial charge in [0.05, 0.1) is 11.9 Å². The van der Waals surface area contributed by atoms with E-state index in [1.165, 1.54) is 10.6 Å². The van der Waals surface area contributed by atoms with Gasteiger partial charge < -0.3 is 10.2 Å². The lowest BCUT2D eigenvalue weighted by atomic mass is 10.0. The zero-order valence-corrected chi connectivity index (χ0v) is 26.7. The zero-order valence-electron chi connectivity index (χ0n) is 24.3. The SMILES string of the molecule is CCCNC(=O)[C@H](Cc1ccccc1)N(Cc1cccc(Br)c1)C(=O)CCCN(c1cccc(C)c1C)S(C)(=O)=O. The number of hydrogen-bond acceptors (Lipinski definition) is 4. The molecule has 41 heavy (non-hydrogen) atoms. The number of carbonyl (C=O) groups is 2. The van der Waals surface area contributed by atoms with Crippen LogP contribution in [-0.2, 0) is 32.6 Å². The molecule has 3 rings (SSSR count). The Morgan fingerprint density at radius 3 is 2.29 bits per heavy atom. The Labute approximate surface area is 253 Å². The number of benzene rings is 3. The van der Waals surface area contributed by atoms with E-state index >= 15 is 0 Å². The third-order valence-corrected chi connectivity index (χ3v) is 8.73. The Morgan fingerprint density at radius 1 is 0.951 bits per heavy atom. The van der Waals surface area contributed by atoms with Crippen LogP contribution in [0.15, 0.2) is 77.3 Å². The second-order valence-corrected chi connectivity index (χ2v) is 13.1. The molecule has 9 heteroatoms. The zero-order chi connectivity index (χ0) is 30.0. The number of carbonyl (C=O) groups excluding carboxylic acids is 2. The lowest BCUT2D eigenvalue weighted by Crippen LogP contribution is -2.50. The first kappa shape index (κ1) is 32.3. The van der Waals surface area contributed by atoms with E-state index in [0.29, 0.717) is 25.1 Å². The van der Waals surface area contributed by atoms with Crippen molar-refractivity contribution in [3.8, 4) is 0 Å². The van der Waals surface area contributed by atoms with Gasteiger partial charge in [-0.05, 0) is 67.1 Å². The first-order valence-corrected chi connectivity index (χ1v) is 16.5. The molecule has 1 N–H and O–H groups in total. The van der Waals surface area contributed by atoms with Crippen LogP contribution in [-0.4, -0.2) is 50.5 Å². The van der Waals surface area contributed by atoms with Crippen LogP contribution in [0.4, 0.5) is 5.69 Å². The van der Waals surface area contributed by atoms with Crippen molar-refractivity contribution in [2.45, 2.75) is 59.0 Å². The van der Waals surface area contributed by atoms with Crippen LogP contribution < -0.4 is 9.62 Å². The van der Waals surface area contributed by atoms with Gasteiger partial charge in [0.2, 0.25) is 21.8 Å². The summed E-state index contributed by atoms with van der Waals surface area (Å²) in [6.45, 7) is 6.76. The number of halogens is 1. The minimum Gasteiger partial charge on any atom is -0.354 e. The normalized spacial score (nSPS) is 12.0. The highest BCUT2D eigenvalue weighted by atomic mass is 79.9. The molecule has 220 valence electrons. The van der Waals surface area contributed by atoms with Crippen LogP contribution in [0.5, 0.6) is 0 Å². The standard InChI is InChI=1S/C32H40BrN3O4S/c1-5-19-34-32(38)30(22-26-13-7-6-8-14-26)35(23-27-15-10-16-28(33)21-27)31(37)18-11-20-36(41(4,39)40)29-17-9-12-24(2)25(29)3/h6-10,12-17,21,30H,5,11,18-20,22-23H2,1-4H3,(H,34,38)/t30-/m0/s1. The molecule has 0 unspecified atom stereocenters. The Morgan fingerprint density at radius 2 is 1.63 bits per heavy atom. The fourth-order valence-corrected chi connectivity index (χ4v) is 6.20. The molecular formula is C32H40BrN3O4S. The Kier molecular flexibility index (Phi) is 12.0. The van der Waals surface area contributed by atoms with Crippen molar-refractivity contribution in [3.05, 3.63) is 99.5 Å². The summed E-state index contributed by atoms with van der Waals surface area (Å²) >= 11 is 3.51. The summed E-state index contributed by atoms with van der Waals surface area (Å²) in [5.41, 5.74) is 4.34. The van der Waals surface area contributed by atoms with Crippen LogP contribution in [0.1, 0.15) is 48.4 Å². The lowest BCUT2D eigenvalue weighted by molar-refractivity contribution is -0.141. The fourth-order valence-electron chi connectivity index (χ4n) is 4.74. The maximum atomic E-state index is 13.9. The topological polar surface area (TPSA) is 86.8 Å². The average Bonchev–Trinajstić information content (AvgIpc) is 2.93. The number of sulfonamides is 1. The fraction of sp³-hybridized carbons (Fsp3) is 0.375. The molecule has 0 aromatic heterocycles. The highest BCUT2D eigenvalue weighted by Gasteiger charge is 2.30. The van der Waals surface area contributed by atoms with Gasteiger partial charge in [0.1, 0.15) is 6.04 Å². The van der Waals surface area contributed by atoms with Crippen LogP contribution in [0, 0.1) is 13.8 Å². The molecule has 0 bridgehead atoms. The minimum absolute atomic E-state index is 0.0945. The van der Waals surface area contributed by atoms with Crippen molar-refractivity contribution in [1.82, 2.24) is 10.2 Å². The van der Waals surface area contributed by atoms with E-state index in [9.17, 15) is 18.0 Å². The molecule has 0 aliphatic rings. The van der Waals surface area contributed by atoms with Crippen LogP contribution in [0.2, 0.25) is 0 Å². The summed E-state index contributed by atoms with van der Waals surface area (Å²) in [7, 11) is -3.57. The highest BCUT2D eigenvalue weighted by Crippen LogP contribution is 2.26. The minimum atomic E-state index is -3.57. The third kappa shape index (κ3) is 9.43. The maximum Gasteiger partial charge on any atom is 0.243 e. The summed E-state index contributed by atoms with van der Waals surface area (Å²) < 4.78 is 27.8. The molecule has 0 spiro atoms.